The number of rotatable bonds is 2. The van der Waals surface area contributed by atoms with Crippen LogP contribution in [0.1, 0.15) is 41.5 Å². The maximum absolute atomic E-state index is 5.30. The van der Waals surface area contributed by atoms with Gasteiger partial charge in [-0.3, -0.25) is 4.90 Å². The lowest BCUT2D eigenvalue weighted by Gasteiger charge is -2.38. The molecule has 2 aromatic rings. The molecular weight excluding hydrogens is 338 g/mol. The molecule has 0 aromatic heterocycles. The van der Waals surface area contributed by atoms with Gasteiger partial charge in [0.05, 0.1) is 7.11 Å². The van der Waals surface area contributed by atoms with E-state index in [1.165, 1.54) is 40.5 Å². The minimum Gasteiger partial charge on any atom is -0.497 e. The van der Waals surface area contributed by atoms with Crippen LogP contribution in [0, 0.1) is 0 Å². The predicted molar refractivity (Wildman–Crippen MR) is 92.5 cm³/mol. The molecule has 1 fully saturated rings. The SMILES string of the molecule is COc1ccc(C2CN3CCCC3c3cccc(Br)c32)cc1. The first-order valence-corrected chi connectivity index (χ1v) is 8.73. The van der Waals surface area contributed by atoms with E-state index in [1.54, 1.807) is 7.11 Å². The van der Waals surface area contributed by atoms with Gasteiger partial charge >= 0.3 is 0 Å². The average molecular weight is 358 g/mol. The molecule has 2 nitrogen and oxygen atoms in total. The molecule has 0 saturated carbocycles. The minimum absolute atomic E-state index is 0.436. The van der Waals surface area contributed by atoms with Gasteiger partial charge < -0.3 is 4.74 Å². The highest BCUT2D eigenvalue weighted by molar-refractivity contribution is 9.10. The lowest BCUT2D eigenvalue weighted by Crippen LogP contribution is -2.34. The number of benzene rings is 2. The van der Waals surface area contributed by atoms with E-state index >= 15 is 0 Å². The topological polar surface area (TPSA) is 12.5 Å². The summed E-state index contributed by atoms with van der Waals surface area (Å²) in [4.78, 5) is 2.66. The molecular formula is C19H20BrNO. The largest absolute Gasteiger partial charge is 0.497 e. The fourth-order valence-corrected chi connectivity index (χ4v) is 4.70. The van der Waals surface area contributed by atoms with Gasteiger partial charge in [0.25, 0.3) is 0 Å². The number of fused-ring (bicyclic) bond motifs is 3. The van der Waals surface area contributed by atoms with Crippen molar-refractivity contribution < 1.29 is 4.74 Å². The molecule has 0 amide bonds. The second-order valence-electron chi connectivity index (χ2n) is 6.22. The van der Waals surface area contributed by atoms with Crippen LogP contribution in [0.25, 0.3) is 0 Å². The maximum Gasteiger partial charge on any atom is 0.118 e. The average Bonchev–Trinajstić information content (AvgIpc) is 3.03. The Bertz CT molecular complexity index is 682. The van der Waals surface area contributed by atoms with E-state index < -0.39 is 0 Å². The van der Waals surface area contributed by atoms with Gasteiger partial charge in [-0.25, -0.2) is 0 Å². The molecule has 0 bridgehead atoms. The van der Waals surface area contributed by atoms with Crippen LogP contribution >= 0.6 is 15.9 Å². The Morgan fingerprint density at radius 3 is 2.73 bits per heavy atom. The Kier molecular flexibility index (Phi) is 3.71. The Labute approximate surface area is 140 Å². The first-order chi connectivity index (χ1) is 10.8. The Morgan fingerprint density at radius 1 is 1.14 bits per heavy atom. The van der Waals surface area contributed by atoms with Crippen LogP contribution in [0.2, 0.25) is 0 Å². The summed E-state index contributed by atoms with van der Waals surface area (Å²) in [5.41, 5.74) is 4.37. The molecule has 2 heterocycles. The van der Waals surface area contributed by atoms with Gasteiger partial charge in [0, 0.05) is 23.0 Å². The van der Waals surface area contributed by atoms with Crippen molar-refractivity contribution in [3.63, 3.8) is 0 Å². The summed E-state index contributed by atoms with van der Waals surface area (Å²) >= 11 is 3.80. The lowest BCUT2D eigenvalue weighted by atomic mass is 9.81. The van der Waals surface area contributed by atoms with Gasteiger partial charge in [0.1, 0.15) is 5.75 Å². The highest BCUT2D eigenvalue weighted by atomic mass is 79.9. The fourth-order valence-electron chi connectivity index (χ4n) is 4.04. The third-order valence-electron chi connectivity index (χ3n) is 5.09. The third-order valence-corrected chi connectivity index (χ3v) is 5.78. The van der Waals surface area contributed by atoms with Gasteiger partial charge in [-0.1, -0.05) is 40.2 Å². The van der Waals surface area contributed by atoms with Crippen LogP contribution in [0.3, 0.4) is 0 Å². The van der Waals surface area contributed by atoms with Crippen molar-refractivity contribution in [1.29, 1.82) is 0 Å². The van der Waals surface area contributed by atoms with E-state index in [9.17, 15) is 0 Å². The van der Waals surface area contributed by atoms with Crippen molar-refractivity contribution in [2.24, 2.45) is 0 Å². The van der Waals surface area contributed by atoms with Crippen molar-refractivity contribution in [1.82, 2.24) is 4.90 Å². The van der Waals surface area contributed by atoms with Gasteiger partial charge in [0.15, 0.2) is 0 Å². The molecule has 1 saturated heterocycles. The zero-order valence-electron chi connectivity index (χ0n) is 12.8. The molecule has 2 unspecified atom stereocenters. The normalized spacial score (nSPS) is 23.9. The van der Waals surface area contributed by atoms with Gasteiger partial charge in [-0.15, -0.1) is 0 Å². The molecule has 0 N–H and O–H groups in total. The van der Waals surface area contributed by atoms with Crippen LogP contribution in [0.4, 0.5) is 0 Å². The minimum atomic E-state index is 0.436. The molecule has 22 heavy (non-hydrogen) atoms. The molecule has 4 rings (SSSR count). The first kappa shape index (κ1) is 14.3. The van der Waals surface area contributed by atoms with E-state index in [0.717, 1.165) is 12.3 Å². The monoisotopic (exact) mass is 357 g/mol. The van der Waals surface area contributed by atoms with E-state index in [0.29, 0.717) is 12.0 Å². The number of methoxy groups -OCH3 is 1. The standard InChI is InChI=1S/C19H20BrNO/c1-22-14-9-7-13(8-10-14)16-12-21-11-3-6-18(21)15-4-2-5-17(20)19(15)16/h2,4-5,7-10,16,18H,3,6,11-12H2,1H3. The number of hydrogen-bond donors (Lipinski definition) is 0. The molecule has 0 spiro atoms. The summed E-state index contributed by atoms with van der Waals surface area (Å²) in [6.07, 6.45) is 2.60. The zero-order valence-corrected chi connectivity index (χ0v) is 14.3. The van der Waals surface area contributed by atoms with Crippen LogP contribution in [-0.2, 0) is 0 Å². The first-order valence-electron chi connectivity index (χ1n) is 7.94. The zero-order chi connectivity index (χ0) is 15.1. The predicted octanol–water partition coefficient (Wildman–Crippen LogP) is 4.74. The van der Waals surface area contributed by atoms with Crippen LogP contribution < -0.4 is 4.74 Å². The summed E-state index contributed by atoms with van der Waals surface area (Å²) in [5.74, 6) is 1.36. The second-order valence-corrected chi connectivity index (χ2v) is 7.08. The number of ether oxygens (including phenoxy) is 1. The Hall–Kier alpha value is -1.32. The fraction of sp³-hybridized carbons (Fsp3) is 0.368. The summed E-state index contributed by atoms with van der Waals surface area (Å²) in [6, 6.07) is 15.9. The van der Waals surface area contributed by atoms with Gasteiger partial charge in [0.2, 0.25) is 0 Å². The molecule has 3 heteroatoms. The summed E-state index contributed by atoms with van der Waals surface area (Å²) in [5, 5.41) is 0. The van der Waals surface area contributed by atoms with E-state index in [2.05, 4.69) is 63.3 Å². The molecule has 2 aromatic carbocycles. The highest BCUT2D eigenvalue weighted by Crippen LogP contribution is 2.46. The van der Waals surface area contributed by atoms with Crippen molar-refractivity contribution in [2.75, 3.05) is 20.2 Å². The second kappa shape index (κ2) is 5.71. The molecule has 114 valence electrons. The summed E-state index contributed by atoms with van der Waals surface area (Å²) in [7, 11) is 1.72. The van der Waals surface area contributed by atoms with Crippen LogP contribution in [0.5, 0.6) is 5.75 Å². The summed E-state index contributed by atoms with van der Waals surface area (Å²) < 4.78 is 6.55. The molecule has 2 aliphatic heterocycles. The molecule has 0 aliphatic carbocycles. The highest BCUT2D eigenvalue weighted by Gasteiger charge is 2.37. The molecule has 2 atom stereocenters. The van der Waals surface area contributed by atoms with Crippen LogP contribution in [0.15, 0.2) is 46.9 Å². The van der Waals surface area contributed by atoms with Gasteiger partial charge in [-0.05, 0) is 54.3 Å². The van der Waals surface area contributed by atoms with Crippen molar-refractivity contribution in [2.45, 2.75) is 24.8 Å². The molecule has 2 aliphatic rings. The van der Waals surface area contributed by atoms with E-state index in [1.807, 2.05) is 0 Å². The van der Waals surface area contributed by atoms with E-state index in [4.69, 9.17) is 4.74 Å². The maximum atomic E-state index is 5.30. The Morgan fingerprint density at radius 2 is 1.95 bits per heavy atom. The van der Waals surface area contributed by atoms with Crippen molar-refractivity contribution in [3.8, 4) is 5.75 Å². The Balaban J connectivity index is 1.81. The number of halogens is 1. The van der Waals surface area contributed by atoms with Gasteiger partial charge in [-0.2, -0.15) is 0 Å². The molecule has 0 radical (unpaired) electrons. The third kappa shape index (κ3) is 2.27. The number of hydrogen-bond acceptors (Lipinski definition) is 2. The quantitative estimate of drug-likeness (QED) is 0.769. The number of nitrogens with zero attached hydrogens (tertiary/aromatic N) is 1. The summed E-state index contributed by atoms with van der Waals surface area (Å²) in [6.45, 7) is 2.34. The van der Waals surface area contributed by atoms with Crippen molar-refractivity contribution >= 4 is 15.9 Å². The van der Waals surface area contributed by atoms with E-state index in [-0.39, 0.29) is 0 Å². The van der Waals surface area contributed by atoms with Crippen LogP contribution in [-0.4, -0.2) is 25.1 Å². The lowest BCUT2D eigenvalue weighted by molar-refractivity contribution is 0.230. The smallest absolute Gasteiger partial charge is 0.118 e. The van der Waals surface area contributed by atoms with Crippen molar-refractivity contribution in [3.05, 3.63) is 63.6 Å².